The van der Waals surface area contributed by atoms with Crippen molar-refractivity contribution in [3.8, 4) is 0 Å². The largest absolute Gasteiger partial charge is 0.352 e. The van der Waals surface area contributed by atoms with Crippen LogP contribution >= 0.6 is 11.3 Å². The Morgan fingerprint density at radius 2 is 1.79 bits per heavy atom. The number of aromatic nitrogens is 1. The van der Waals surface area contributed by atoms with Crippen LogP contribution in [0.25, 0.3) is 0 Å². The van der Waals surface area contributed by atoms with Gasteiger partial charge in [-0.15, -0.1) is 11.3 Å². The summed E-state index contributed by atoms with van der Waals surface area (Å²) in [7, 11) is 0. The molecule has 0 bridgehead atoms. The van der Waals surface area contributed by atoms with E-state index in [-0.39, 0.29) is 24.1 Å². The van der Waals surface area contributed by atoms with Crippen molar-refractivity contribution >= 4 is 28.3 Å². The van der Waals surface area contributed by atoms with Gasteiger partial charge in [-0.2, -0.15) is 0 Å². The van der Waals surface area contributed by atoms with Crippen LogP contribution in [0.15, 0.2) is 54.6 Å². The SMILES string of the molecule is Cc1nc(NC(=O)CCCNC(=O)c2ccccc2)sc1Cc1ccccc1F. The predicted molar refractivity (Wildman–Crippen MR) is 113 cm³/mol. The Bertz CT molecular complexity index is 989. The standard InChI is InChI=1S/C22H22FN3O2S/c1-15-19(14-17-10-5-6-11-18(17)23)29-22(25-15)26-20(27)12-7-13-24-21(28)16-8-3-2-4-9-16/h2-6,8-11H,7,12-14H2,1H3,(H,24,28)(H,25,26,27). The maximum atomic E-state index is 13.8. The van der Waals surface area contributed by atoms with Crippen molar-refractivity contribution in [3.05, 3.63) is 82.1 Å². The molecule has 7 heteroatoms. The summed E-state index contributed by atoms with van der Waals surface area (Å²) >= 11 is 1.35. The van der Waals surface area contributed by atoms with E-state index in [4.69, 9.17) is 0 Å². The number of nitrogens with one attached hydrogen (secondary N) is 2. The number of benzene rings is 2. The van der Waals surface area contributed by atoms with E-state index in [1.165, 1.54) is 17.4 Å². The van der Waals surface area contributed by atoms with Crippen molar-refractivity contribution in [2.45, 2.75) is 26.2 Å². The number of thiazole rings is 1. The van der Waals surface area contributed by atoms with E-state index in [0.29, 0.717) is 35.6 Å². The summed E-state index contributed by atoms with van der Waals surface area (Å²) in [6, 6.07) is 15.6. The first kappa shape index (κ1) is 20.7. The van der Waals surface area contributed by atoms with Crippen molar-refractivity contribution < 1.29 is 14.0 Å². The smallest absolute Gasteiger partial charge is 0.251 e. The van der Waals surface area contributed by atoms with E-state index >= 15 is 0 Å². The van der Waals surface area contributed by atoms with Crippen LogP contribution in [0.3, 0.4) is 0 Å². The van der Waals surface area contributed by atoms with Crippen LogP contribution in [0.5, 0.6) is 0 Å². The minimum Gasteiger partial charge on any atom is -0.352 e. The summed E-state index contributed by atoms with van der Waals surface area (Å²) in [5.41, 5.74) is 1.98. The molecule has 29 heavy (non-hydrogen) atoms. The molecule has 3 rings (SSSR count). The van der Waals surface area contributed by atoms with E-state index in [9.17, 15) is 14.0 Å². The lowest BCUT2D eigenvalue weighted by Crippen LogP contribution is -2.25. The molecule has 0 aliphatic heterocycles. The number of hydrogen-bond donors (Lipinski definition) is 2. The quantitative estimate of drug-likeness (QED) is 0.542. The van der Waals surface area contributed by atoms with Crippen molar-refractivity contribution in [2.24, 2.45) is 0 Å². The second-order valence-corrected chi connectivity index (χ2v) is 7.65. The molecule has 2 N–H and O–H groups in total. The minimum absolute atomic E-state index is 0.153. The summed E-state index contributed by atoms with van der Waals surface area (Å²) in [5.74, 6) is -0.562. The second-order valence-electron chi connectivity index (χ2n) is 6.57. The van der Waals surface area contributed by atoms with Crippen LogP contribution in [0.4, 0.5) is 9.52 Å². The van der Waals surface area contributed by atoms with Gasteiger partial charge in [0, 0.05) is 29.8 Å². The van der Waals surface area contributed by atoms with Gasteiger partial charge in [0.05, 0.1) is 5.69 Å². The van der Waals surface area contributed by atoms with Crippen LogP contribution in [-0.2, 0) is 11.2 Å². The van der Waals surface area contributed by atoms with Gasteiger partial charge >= 0.3 is 0 Å². The van der Waals surface area contributed by atoms with E-state index < -0.39 is 0 Å². The first-order chi connectivity index (χ1) is 14.0. The molecule has 0 radical (unpaired) electrons. The van der Waals surface area contributed by atoms with Gasteiger partial charge in [0.25, 0.3) is 5.91 Å². The van der Waals surface area contributed by atoms with Crippen molar-refractivity contribution in [3.63, 3.8) is 0 Å². The minimum atomic E-state index is -0.247. The zero-order valence-electron chi connectivity index (χ0n) is 16.1. The van der Waals surface area contributed by atoms with Gasteiger partial charge in [0.1, 0.15) is 5.82 Å². The third-order valence-corrected chi connectivity index (χ3v) is 5.42. The lowest BCUT2D eigenvalue weighted by molar-refractivity contribution is -0.116. The summed E-state index contributed by atoms with van der Waals surface area (Å²) in [6.45, 7) is 2.26. The molecular weight excluding hydrogens is 389 g/mol. The van der Waals surface area contributed by atoms with Gasteiger partial charge in [-0.1, -0.05) is 36.4 Å². The summed E-state index contributed by atoms with van der Waals surface area (Å²) in [6.07, 6.45) is 1.24. The van der Waals surface area contributed by atoms with Gasteiger partial charge in [-0.3, -0.25) is 9.59 Å². The topological polar surface area (TPSA) is 71.1 Å². The number of nitrogens with zero attached hydrogens (tertiary/aromatic N) is 1. The van der Waals surface area contributed by atoms with Crippen LogP contribution < -0.4 is 10.6 Å². The number of anilines is 1. The third kappa shape index (κ3) is 5.96. The molecule has 150 valence electrons. The Hall–Kier alpha value is -3.06. The number of carbonyl (C=O) groups excluding carboxylic acids is 2. The average molecular weight is 412 g/mol. The number of amides is 2. The molecule has 0 saturated heterocycles. The van der Waals surface area contributed by atoms with Gasteiger partial charge < -0.3 is 10.6 Å². The number of aryl methyl sites for hydroxylation is 1. The average Bonchev–Trinajstić information content (AvgIpc) is 3.06. The lowest BCUT2D eigenvalue weighted by atomic mass is 10.1. The van der Waals surface area contributed by atoms with Crippen LogP contribution in [0.2, 0.25) is 0 Å². The zero-order valence-corrected chi connectivity index (χ0v) is 16.9. The highest BCUT2D eigenvalue weighted by Gasteiger charge is 2.13. The Morgan fingerprint density at radius 3 is 2.55 bits per heavy atom. The van der Waals surface area contributed by atoms with Gasteiger partial charge in [-0.25, -0.2) is 9.37 Å². The number of hydrogen-bond acceptors (Lipinski definition) is 4. The molecule has 0 aliphatic rings. The molecule has 0 spiro atoms. The highest BCUT2D eigenvalue weighted by molar-refractivity contribution is 7.15. The molecule has 1 heterocycles. The van der Waals surface area contributed by atoms with Crippen LogP contribution in [0.1, 0.15) is 39.3 Å². The van der Waals surface area contributed by atoms with E-state index in [0.717, 1.165) is 10.6 Å². The second kappa shape index (κ2) is 9.93. The molecule has 0 fully saturated rings. The molecule has 5 nitrogen and oxygen atoms in total. The van der Waals surface area contributed by atoms with Gasteiger partial charge in [0.15, 0.2) is 5.13 Å². The van der Waals surface area contributed by atoms with Crippen LogP contribution in [-0.4, -0.2) is 23.3 Å². The third-order valence-electron chi connectivity index (χ3n) is 4.35. The Balaban J connectivity index is 1.45. The predicted octanol–water partition coefficient (Wildman–Crippen LogP) is 4.33. The van der Waals surface area contributed by atoms with Crippen molar-refractivity contribution in [1.82, 2.24) is 10.3 Å². The summed E-state index contributed by atoms with van der Waals surface area (Å²) in [4.78, 5) is 29.4. The number of rotatable bonds is 8. The van der Waals surface area contributed by atoms with Crippen molar-refractivity contribution in [2.75, 3.05) is 11.9 Å². The van der Waals surface area contributed by atoms with Crippen molar-refractivity contribution in [1.29, 1.82) is 0 Å². The first-order valence-electron chi connectivity index (χ1n) is 9.35. The fourth-order valence-electron chi connectivity index (χ4n) is 2.78. The Morgan fingerprint density at radius 1 is 1.07 bits per heavy atom. The fourth-order valence-corrected chi connectivity index (χ4v) is 3.79. The molecule has 0 unspecified atom stereocenters. The Kier molecular flexibility index (Phi) is 7.08. The molecular formula is C22H22FN3O2S. The maximum absolute atomic E-state index is 13.8. The zero-order chi connectivity index (χ0) is 20.6. The highest BCUT2D eigenvalue weighted by Crippen LogP contribution is 2.26. The number of halogens is 1. The molecule has 1 aromatic heterocycles. The van der Waals surface area contributed by atoms with Gasteiger partial charge in [0.2, 0.25) is 5.91 Å². The summed E-state index contributed by atoms with van der Waals surface area (Å²) < 4.78 is 13.8. The highest BCUT2D eigenvalue weighted by atomic mass is 32.1. The number of carbonyl (C=O) groups is 2. The molecule has 0 atom stereocenters. The normalized spacial score (nSPS) is 10.6. The molecule has 0 aliphatic carbocycles. The lowest BCUT2D eigenvalue weighted by Gasteiger charge is -2.05. The Labute approximate surface area is 173 Å². The summed E-state index contributed by atoms with van der Waals surface area (Å²) in [5, 5.41) is 6.09. The van der Waals surface area contributed by atoms with E-state index in [1.807, 2.05) is 13.0 Å². The molecule has 2 aromatic carbocycles. The fraction of sp³-hybridized carbons (Fsp3) is 0.227. The molecule has 2 amide bonds. The first-order valence-corrected chi connectivity index (χ1v) is 10.2. The molecule has 3 aromatic rings. The van der Waals surface area contributed by atoms with Gasteiger partial charge in [-0.05, 0) is 37.1 Å². The van der Waals surface area contributed by atoms with Crippen LogP contribution in [0, 0.1) is 12.7 Å². The molecule has 0 saturated carbocycles. The van der Waals surface area contributed by atoms with E-state index in [2.05, 4.69) is 15.6 Å². The van der Waals surface area contributed by atoms with E-state index in [1.54, 1.807) is 42.5 Å². The monoisotopic (exact) mass is 411 g/mol. The maximum Gasteiger partial charge on any atom is 0.251 e.